The Kier molecular flexibility index (Phi) is 11.2. The highest BCUT2D eigenvalue weighted by Gasteiger charge is 2.15. The van der Waals surface area contributed by atoms with Crippen molar-refractivity contribution in [3.8, 4) is 0 Å². The molecule has 2 aromatic rings. The van der Waals surface area contributed by atoms with E-state index >= 15 is 0 Å². The van der Waals surface area contributed by atoms with E-state index in [0.717, 1.165) is 34.3 Å². The van der Waals surface area contributed by atoms with E-state index < -0.39 is 10.0 Å². The minimum absolute atomic E-state index is 0. The van der Waals surface area contributed by atoms with E-state index in [-0.39, 0.29) is 35.8 Å². The summed E-state index contributed by atoms with van der Waals surface area (Å²) in [6.45, 7) is 9.45. The smallest absolute Gasteiger partial charge is 0.216 e. The maximum absolute atomic E-state index is 12.3. The Labute approximate surface area is 201 Å². The van der Waals surface area contributed by atoms with Crippen LogP contribution in [-0.4, -0.2) is 43.9 Å². The molecule has 1 aromatic carbocycles. The molecule has 10 heteroatoms. The maximum atomic E-state index is 12.3. The second kappa shape index (κ2) is 12.6. The third kappa shape index (κ3) is 8.86. The lowest BCUT2D eigenvalue weighted by molar-refractivity contribution is 0.470. The molecule has 168 valence electrons. The van der Waals surface area contributed by atoms with Crippen LogP contribution in [0.3, 0.4) is 0 Å². The van der Waals surface area contributed by atoms with Gasteiger partial charge in [-0.15, -0.1) is 35.3 Å². The number of nitrogens with zero attached hydrogens (tertiary/aromatic N) is 3. The number of aliphatic imine (C=N–C) groups is 1. The topological polar surface area (TPSA) is 86.7 Å². The quantitative estimate of drug-likeness (QED) is 0.276. The predicted octanol–water partition coefficient (Wildman–Crippen LogP) is 3.49. The summed E-state index contributed by atoms with van der Waals surface area (Å²) in [4.78, 5) is 11.3. The van der Waals surface area contributed by atoms with Crippen LogP contribution in [0.4, 0.5) is 0 Å². The van der Waals surface area contributed by atoms with Crippen molar-refractivity contribution < 1.29 is 8.42 Å². The first-order valence-electron chi connectivity index (χ1n) is 9.67. The molecule has 0 unspecified atom stereocenters. The zero-order chi connectivity index (χ0) is 21.4. The fraction of sp³-hybridized carbons (Fsp3) is 0.500. The molecule has 0 atom stereocenters. The first kappa shape index (κ1) is 26.8. The Morgan fingerprint density at radius 3 is 2.50 bits per heavy atom. The van der Waals surface area contributed by atoms with Gasteiger partial charge in [-0.3, -0.25) is 0 Å². The fourth-order valence-corrected chi connectivity index (χ4v) is 4.98. The number of guanidine groups is 1. The summed E-state index contributed by atoms with van der Waals surface area (Å²) in [6.07, 6.45) is 0. The number of hydrogen-bond acceptors (Lipinski definition) is 5. The van der Waals surface area contributed by atoms with Gasteiger partial charge in [0.25, 0.3) is 0 Å². The number of hydrogen-bond donors (Lipinski definition) is 2. The van der Waals surface area contributed by atoms with Crippen LogP contribution in [0, 0.1) is 6.92 Å². The molecule has 0 spiro atoms. The molecular formula is C20H32IN5O2S2. The molecule has 0 bridgehead atoms. The van der Waals surface area contributed by atoms with E-state index in [1.165, 1.54) is 0 Å². The largest absolute Gasteiger partial charge is 0.357 e. The Hall–Kier alpha value is -1.24. The number of thiazole rings is 1. The third-order valence-corrected chi connectivity index (χ3v) is 6.38. The van der Waals surface area contributed by atoms with E-state index in [0.29, 0.717) is 13.1 Å². The Morgan fingerprint density at radius 1 is 1.27 bits per heavy atom. The summed E-state index contributed by atoms with van der Waals surface area (Å²) in [6, 6.07) is 7.41. The molecule has 0 aliphatic heterocycles. The van der Waals surface area contributed by atoms with Crippen LogP contribution in [0.2, 0.25) is 0 Å². The van der Waals surface area contributed by atoms with Crippen molar-refractivity contribution in [2.24, 2.45) is 4.99 Å². The summed E-state index contributed by atoms with van der Waals surface area (Å²) >= 11 is 1.63. The van der Waals surface area contributed by atoms with E-state index in [1.807, 2.05) is 63.9 Å². The lowest BCUT2D eigenvalue weighted by Gasteiger charge is -2.21. The van der Waals surface area contributed by atoms with Crippen molar-refractivity contribution in [1.82, 2.24) is 19.9 Å². The van der Waals surface area contributed by atoms with Gasteiger partial charge in [0.15, 0.2) is 5.96 Å². The van der Waals surface area contributed by atoms with Crippen LogP contribution < -0.4 is 10.0 Å². The first-order chi connectivity index (χ1) is 13.7. The van der Waals surface area contributed by atoms with Crippen LogP contribution in [0.15, 0.2) is 34.6 Å². The Bertz CT molecular complexity index is 929. The van der Waals surface area contributed by atoms with Gasteiger partial charge in [0.05, 0.1) is 29.5 Å². The van der Waals surface area contributed by atoms with Crippen LogP contribution in [-0.2, 0) is 28.9 Å². The van der Waals surface area contributed by atoms with Crippen molar-refractivity contribution >= 4 is 51.3 Å². The maximum Gasteiger partial charge on any atom is 0.216 e. The minimum Gasteiger partial charge on any atom is -0.357 e. The standard InChI is InChI=1S/C20H31N5O2S2.HI/c1-6-21-20(25(5)12-19-13-28-16(4)23-19)22-11-17-9-7-8-10-18(17)14-29(26,27)24-15(2)3;/h7-10,13,15,24H,6,11-12,14H2,1-5H3,(H,21,22);1H. The second-order valence-electron chi connectivity index (χ2n) is 7.18. The summed E-state index contributed by atoms with van der Waals surface area (Å²) in [7, 11) is -1.42. The van der Waals surface area contributed by atoms with Crippen molar-refractivity contribution in [3.05, 3.63) is 51.5 Å². The molecule has 0 aliphatic carbocycles. The monoisotopic (exact) mass is 565 g/mol. The van der Waals surface area contributed by atoms with Crippen molar-refractivity contribution in [2.45, 2.75) is 52.6 Å². The van der Waals surface area contributed by atoms with E-state index in [1.54, 1.807) is 11.3 Å². The van der Waals surface area contributed by atoms with Crippen LogP contribution >= 0.6 is 35.3 Å². The molecule has 0 saturated carbocycles. The number of benzene rings is 1. The molecule has 7 nitrogen and oxygen atoms in total. The predicted molar refractivity (Wildman–Crippen MR) is 136 cm³/mol. The highest BCUT2D eigenvalue weighted by molar-refractivity contribution is 14.0. The highest BCUT2D eigenvalue weighted by atomic mass is 127. The van der Waals surface area contributed by atoms with Crippen LogP contribution in [0.5, 0.6) is 0 Å². The zero-order valence-corrected chi connectivity index (χ0v) is 22.1. The lowest BCUT2D eigenvalue weighted by Crippen LogP contribution is -2.38. The van der Waals surface area contributed by atoms with E-state index in [4.69, 9.17) is 4.99 Å². The average Bonchev–Trinajstić information content (AvgIpc) is 3.03. The van der Waals surface area contributed by atoms with Gasteiger partial charge in [-0.25, -0.2) is 23.1 Å². The first-order valence-corrected chi connectivity index (χ1v) is 12.2. The molecule has 1 heterocycles. The van der Waals surface area contributed by atoms with Gasteiger partial charge < -0.3 is 10.2 Å². The van der Waals surface area contributed by atoms with E-state index in [2.05, 4.69) is 20.4 Å². The van der Waals surface area contributed by atoms with Crippen molar-refractivity contribution in [1.29, 1.82) is 0 Å². The van der Waals surface area contributed by atoms with Gasteiger partial charge in [-0.05, 0) is 38.8 Å². The van der Waals surface area contributed by atoms with E-state index in [9.17, 15) is 8.42 Å². The molecule has 2 rings (SSSR count). The fourth-order valence-electron chi connectivity index (χ4n) is 2.89. The van der Waals surface area contributed by atoms with Gasteiger partial charge in [0.2, 0.25) is 10.0 Å². The van der Waals surface area contributed by atoms with Gasteiger partial charge in [-0.2, -0.15) is 0 Å². The summed E-state index contributed by atoms with van der Waals surface area (Å²) < 4.78 is 27.3. The van der Waals surface area contributed by atoms with Gasteiger partial charge in [0.1, 0.15) is 0 Å². The molecule has 0 aliphatic rings. The molecule has 0 radical (unpaired) electrons. The van der Waals surface area contributed by atoms with Gasteiger partial charge >= 0.3 is 0 Å². The molecular weight excluding hydrogens is 533 g/mol. The molecule has 0 amide bonds. The lowest BCUT2D eigenvalue weighted by atomic mass is 10.1. The third-order valence-electron chi connectivity index (χ3n) is 4.04. The molecule has 2 N–H and O–H groups in total. The Balaban J connectivity index is 0.00000450. The normalized spacial score (nSPS) is 12.0. The van der Waals surface area contributed by atoms with Crippen LogP contribution in [0.1, 0.15) is 42.6 Å². The molecule has 30 heavy (non-hydrogen) atoms. The summed E-state index contributed by atoms with van der Waals surface area (Å²) in [5.41, 5.74) is 2.67. The SMILES string of the molecule is CCNC(=NCc1ccccc1CS(=O)(=O)NC(C)C)N(C)Cc1csc(C)n1.I. The number of halogens is 1. The average molecular weight is 566 g/mol. The van der Waals surface area contributed by atoms with Crippen molar-refractivity contribution in [3.63, 3.8) is 0 Å². The molecule has 0 fully saturated rings. The molecule has 1 aromatic heterocycles. The Morgan fingerprint density at radius 2 is 1.93 bits per heavy atom. The zero-order valence-electron chi connectivity index (χ0n) is 18.2. The van der Waals surface area contributed by atoms with Crippen LogP contribution in [0.25, 0.3) is 0 Å². The second-order valence-corrected chi connectivity index (χ2v) is 10.0. The number of sulfonamides is 1. The van der Waals surface area contributed by atoms with Gasteiger partial charge in [-0.1, -0.05) is 24.3 Å². The minimum atomic E-state index is -3.39. The number of rotatable bonds is 9. The molecule has 0 saturated heterocycles. The van der Waals surface area contributed by atoms with Crippen molar-refractivity contribution in [2.75, 3.05) is 13.6 Å². The number of aromatic nitrogens is 1. The highest BCUT2D eigenvalue weighted by Crippen LogP contribution is 2.15. The summed E-state index contributed by atoms with van der Waals surface area (Å²) in [5, 5.41) is 6.39. The number of aryl methyl sites for hydroxylation is 1. The number of nitrogens with one attached hydrogen (secondary N) is 2. The summed E-state index contributed by atoms with van der Waals surface area (Å²) in [5.74, 6) is 0.706. The van der Waals surface area contributed by atoms with Gasteiger partial charge in [0, 0.05) is 25.0 Å².